The zero-order chi connectivity index (χ0) is 15.7. The van der Waals surface area contributed by atoms with Crippen molar-refractivity contribution in [2.45, 2.75) is 56.7 Å². The molecule has 2 saturated heterocycles. The van der Waals surface area contributed by atoms with Crippen molar-refractivity contribution >= 4 is 11.9 Å². The van der Waals surface area contributed by atoms with Gasteiger partial charge in [0.25, 0.3) is 0 Å². The fourth-order valence-corrected chi connectivity index (χ4v) is 3.87. The molecule has 3 rings (SSSR count). The molecule has 2 fully saturated rings. The summed E-state index contributed by atoms with van der Waals surface area (Å²) >= 11 is 0. The summed E-state index contributed by atoms with van der Waals surface area (Å²) in [5.74, 6) is -0.871. The normalized spacial score (nSPS) is 27.0. The number of carbonyl (C=O) groups excluding carboxylic acids is 1. The van der Waals surface area contributed by atoms with Crippen LogP contribution in [0.4, 0.5) is 0 Å². The van der Waals surface area contributed by atoms with Gasteiger partial charge < -0.3 is 15.1 Å². The Balaban J connectivity index is 1.65. The van der Waals surface area contributed by atoms with Gasteiger partial charge in [0.05, 0.1) is 11.7 Å². The molecule has 2 heterocycles. The van der Waals surface area contributed by atoms with Crippen LogP contribution in [0, 0.1) is 0 Å². The zero-order valence-electron chi connectivity index (χ0n) is 12.4. The Morgan fingerprint density at radius 2 is 1.77 bits per heavy atom. The lowest BCUT2D eigenvalue weighted by molar-refractivity contribution is -0.137. The predicted molar refractivity (Wildman–Crippen MR) is 80.6 cm³/mol. The van der Waals surface area contributed by atoms with E-state index in [0.717, 1.165) is 12.8 Å². The molecule has 2 atom stereocenters. The lowest BCUT2D eigenvalue weighted by atomic mass is 9.98. The number of carboxylic acid groups (broad SMARTS) is 1. The molecule has 0 aliphatic carbocycles. The number of carbonyl (C=O) groups is 2. The minimum absolute atomic E-state index is 0.0830. The SMILES string of the molecule is O=C(O)c1ccccc1CCC(=O)N1[C@H]2CC[C@H]1CC(O)C2. The van der Waals surface area contributed by atoms with Crippen molar-refractivity contribution in [3.05, 3.63) is 35.4 Å². The molecule has 2 N–H and O–H groups in total. The molecule has 0 saturated carbocycles. The number of rotatable bonds is 4. The fraction of sp³-hybridized carbons (Fsp3) is 0.529. The molecule has 118 valence electrons. The first kappa shape index (κ1) is 15.0. The van der Waals surface area contributed by atoms with E-state index in [1.807, 2.05) is 4.90 Å². The van der Waals surface area contributed by atoms with E-state index in [0.29, 0.717) is 31.2 Å². The van der Waals surface area contributed by atoms with Crippen molar-refractivity contribution in [2.24, 2.45) is 0 Å². The molecule has 2 aliphatic heterocycles. The maximum absolute atomic E-state index is 12.5. The third-order valence-corrected chi connectivity index (χ3v) is 4.85. The van der Waals surface area contributed by atoms with E-state index in [9.17, 15) is 19.8 Å². The van der Waals surface area contributed by atoms with E-state index in [-0.39, 0.29) is 29.7 Å². The van der Waals surface area contributed by atoms with Crippen LogP contribution in [0.3, 0.4) is 0 Å². The second-order valence-electron chi connectivity index (χ2n) is 6.27. The van der Waals surface area contributed by atoms with Crippen LogP contribution in [-0.4, -0.2) is 45.2 Å². The van der Waals surface area contributed by atoms with Crippen LogP contribution in [0.15, 0.2) is 24.3 Å². The molecule has 22 heavy (non-hydrogen) atoms. The number of fused-ring (bicyclic) bond motifs is 2. The minimum atomic E-state index is -0.954. The van der Waals surface area contributed by atoms with E-state index in [4.69, 9.17) is 0 Å². The molecule has 1 aromatic rings. The summed E-state index contributed by atoms with van der Waals surface area (Å²) < 4.78 is 0. The largest absolute Gasteiger partial charge is 0.478 e. The van der Waals surface area contributed by atoms with Gasteiger partial charge in [0, 0.05) is 18.5 Å². The minimum Gasteiger partial charge on any atom is -0.478 e. The maximum Gasteiger partial charge on any atom is 0.335 e. The van der Waals surface area contributed by atoms with Gasteiger partial charge in [0.2, 0.25) is 5.91 Å². The number of piperidine rings is 1. The van der Waals surface area contributed by atoms with Gasteiger partial charge in [-0.25, -0.2) is 4.79 Å². The average molecular weight is 303 g/mol. The summed E-state index contributed by atoms with van der Waals surface area (Å²) in [5.41, 5.74) is 0.972. The van der Waals surface area contributed by atoms with E-state index in [1.165, 1.54) is 0 Å². The van der Waals surface area contributed by atoms with Crippen molar-refractivity contribution in [3.63, 3.8) is 0 Å². The number of amides is 1. The highest BCUT2D eigenvalue weighted by Gasteiger charge is 2.42. The number of benzene rings is 1. The molecule has 5 heteroatoms. The summed E-state index contributed by atoms with van der Waals surface area (Å²) in [7, 11) is 0. The number of hydrogen-bond acceptors (Lipinski definition) is 3. The van der Waals surface area contributed by atoms with Gasteiger partial charge >= 0.3 is 5.97 Å². The van der Waals surface area contributed by atoms with Gasteiger partial charge in [-0.3, -0.25) is 4.79 Å². The molecule has 0 unspecified atom stereocenters. The van der Waals surface area contributed by atoms with Crippen molar-refractivity contribution in [1.82, 2.24) is 4.90 Å². The molecule has 5 nitrogen and oxygen atoms in total. The van der Waals surface area contributed by atoms with Crippen molar-refractivity contribution in [2.75, 3.05) is 0 Å². The first-order valence-electron chi connectivity index (χ1n) is 7.86. The first-order valence-corrected chi connectivity index (χ1v) is 7.86. The number of aromatic carboxylic acids is 1. The number of aliphatic hydroxyl groups excluding tert-OH is 1. The summed E-state index contributed by atoms with van der Waals surface area (Å²) in [6.07, 6.45) is 3.78. The Hall–Kier alpha value is -1.88. The van der Waals surface area contributed by atoms with E-state index < -0.39 is 5.97 Å². The average Bonchev–Trinajstić information content (AvgIpc) is 2.77. The van der Waals surface area contributed by atoms with Crippen LogP contribution < -0.4 is 0 Å². The smallest absolute Gasteiger partial charge is 0.335 e. The van der Waals surface area contributed by atoms with Gasteiger partial charge in [-0.15, -0.1) is 0 Å². The molecule has 2 bridgehead atoms. The highest BCUT2D eigenvalue weighted by Crippen LogP contribution is 2.36. The lowest BCUT2D eigenvalue weighted by Gasteiger charge is -2.37. The number of aryl methyl sites for hydroxylation is 1. The van der Waals surface area contributed by atoms with Gasteiger partial charge in [-0.05, 0) is 43.7 Å². The van der Waals surface area contributed by atoms with E-state index in [2.05, 4.69) is 0 Å². The number of nitrogens with zero attached hydrogens (tertiary/aromatic N) is 1. The third kappa shape index (κ3) is 2.86. The molecular formula is C17H21NO4. The zero-order valence-corrected chi connectivity index (χ0v) is 12.4. The standard InChI is InChI=1S/C17H21NO4/c19-14-9-12-6-7-13(10-14)18(12)16(20)8-5-11-3-1-2-4-15(11)17(21)22/h1-4,12-14,19H,5-10H2,(H,21,22)/t12-,13-/m0/s1. The van der Waals surface area contributed by atoms with Crippen LogP contribution in [0.25, 0.3) is 0 Å². The topological polar surface area (TPSA) is 77.8 Å². The number of hydrogen-bond donors (Lipinski definition) is 2. The summed E-state index contributed by atoms with van der Waals surface area (Å²) in [5, 5.41) is 19.0. The first-order chi connectivity index (χ1) is 10.6. The highest BCUT2D eigenvalue weighted by atomic mass is 16.4. The van der Waals surface area contributed by atoms with Gasteiger partial charge in [-0.1, -0.05) is 18.2 Å². The number of carboxylic acids is 1. The van der Waals surface area contributed by atoms with Crippen molar-refractivity contribution in [3.8, 4) is 0 Å². The van der Waals surface area contributed by atoms with Gasteiger partial charge in [-0.2, -0.15) is 0 Å². The fourth-order valence-electron chi connectivity index (χ4n) is 3.87. The van der Waals surface area contributed by atoms with Crippen LogP contribution >= 0.6 is 0 Å². The van der Waals surface area contributed by atoms with Crippen LogP contribution in [0.5, 0.6) is 0 Å². The molecule has 1 aromatic carbocycles. The Morgan fingerprint density at radius 3 is 2.41 bits per heavy atom. The highest BCUT2D eigenvalue weighted by molar-refractivity contribution is 5.89. The summed E-state index contributed by atoms with van der Waals surface area (Å²) in [4.78, 5) is 25.7. The second-order valence-corrected chi connectivity index (χ2v) is 6.27. The number of aliphatic hydroxyl groups is 1. The molecule has 2 aliphatic rings. The predicted octanol–water partition coefficient (Wildman–Crippen LogP) is 1.83. The van der Waals surface area contributed by atoms with E-state index >= 15 is 0 Å². The van der Waals surface area contributed by atoms with Crippen LogP contribution in [0.2, 0.25) is 0 Å². The second kappa shape index (κ2) is 6.08. The van der Waals surface area contributed by atoms with Crippen molar-refractivity contribution in [1.29, 1.82) is 0 Å². The Labute approximate surface area is 129 Å². The molecule has 0 aromatic heterocycles. The Bertz CT molecular complexity index is 572. The van der Waals surface area contributed by atoms with Crippen LogP contribution in [-0.2, 0) is 11.2 Å². The molecule has 0 radical (unpaired) electrons. The van der Waals surface area contributed by atoms with Crippen LogP contribution in [0.1, 0.15) is 48.0 Å². The molecular weight excluding hydrogens is 282 g/mol. The van der Waals surface area contributed by atoms with Gasteiger partial charge in [0.15, 0.2) is 0 Å². The summed E-state index contributed by atoms with van der Waals surface area (Å²) in [6, 6.07) is 7.16. The maximum atomic E-state index is 12.5. The van der Waals surface area contributed by atoms with E-state index in [1.54, 1.807) is 24.3 Å². The molecule has 0 spiro atoms. The third-order valence-electron chi connectivity index (χ3n) is 4.85. The summed E-state index contributed by atoms with van der Waals surface area (Å²) in [6.45, 7) is 0. The molecule has 1 amide bonds. The lowest BCUT2D eigenvalue weighted by Crippen LogP contribution is -2.48. The van der Waals surface area contributed by atoms with Crippen molar-refractivity contribution < 1.29 is 19.8 Å². The Kier molecular flexibility index (Phi) is 4.16. The quantitative estimate of drug-likeness (QED) is 0.889. The van der Waals surface area contributed by atoms with Gasteiger partial charge in [0.1, 0.15) is 0 Å². The monoisotopic (exact) mass is 303 g/mol. The Morgan fingerprint density at radius 1 is 1.14 bits per heavy atom.